The number of methoxy groups -OCH3 is 1. The van der Waals surface area contributed by atoms with Crippen LogP contribution in [-0.4, -0.2) is 43.5 Å². The number of rotatable bonds is 6. The molecule has 2 aromatic carbocycles. The molecule has 142 valence electrons. The molecule has 0 saturated carbocycles. The first-order chi connectivity index (χ1) is 13.1. The highest BCUT2D eigenvalue weighted by molar-refractivity contribution is 6.04. The molecule has 0 atom stereocenters. The molecule has 0 bridgehead atoms. The minimum Gasteiger partial charge on any atom is -0.497 e. The first kappa shape index (κ1) is 18.9. The lowest BCUT2D eigenvalue weighted by molar-refractivity contribution is -0.117. The number of benzene rings is 2. The number of ether oxygens (including phenoxy) is 1. The zero-order valence-electron chi connectivity index (χ0n) is 15.5. The van der Waals surface area contributed by atoms with Gasteiger partial charge in [-0.1, -0.05) is 6.42 Å². The van der Waals surface area contributed by atoms with Crippen LogP contribution in [0.1, 0.15) is 29.6 Å². The number of hydrogen-bond acceptors (Lipinski definition) is 4. The molecule has 0 radical (unpaired) electrons. The first-order valence-corrected chi connectivity index (χ1v) is 9.22. The van der Waals surface area contributed by atoms with Gasteiger partial charge in [0.05, 0.1) is 13.7 Å². The average Bonchev–Trinajstić information content (AvgIpc) is 2.70. The van der Waals surface area contributed by atoms with E-state index in [9.17, 15) is 9.59 Å². The fraction of sp³-hybridized carbons (Fsp3) is 0.333. The molecular weight excluding hydrogens is 342 g/mol. The van der Waals surface area contributed by atoms with Crippen molar-refractivity contribution < 1.29 is 14.3 Å². The van der Waals surface area contributed by atoms with Crippen LogP contribution in [0, 0.1) is 0 Å². The smallest absolute Gasteiger partial charge is 0.255 e. The van der Waals surface area contributed by atoms with E-state index in [0.29, 0.717) is 23.5 Å². The predicted octanol–water partition coefficient (Wildman–Crippen LogP) is 3.37. The summed E-state index contributed by atoms with van der Waals surface area (Å²) in [6, 6.07) is 14.0. The Bertz CT molecular complexity index is 766. The topological polar surface area (TPSA) is 70.7 Å². The van der Waals surface area contributed by atoms with Gasteiger partial charge < -0.3 is 15.4 Å². The standard InChI is InChI=1S/C21H25N3O3/c1-27-19-11-9-18(10-12-19)23-21(26)16-5-7-17(8-6-16)22-20(25)15-24-13-3-2-4-14-24/h5-12H,2-4,13-15H2,1H3,(H,22,25)(H,23,26). The summed E-state index contributed by atoms with van der Waals surface area (Å²) in [7, 11) is 1.60. The van der Waals surface area contributed by atoms with Gasteiger partial charge in [-0.15, -0.1) is 0 Å². The number of amides is 2. The lowest BCUT2D eigenvalue weighted by Crippen LogP contribution is -2.36. The van der Waals surface area contributed by atoms with Gasteiger partial charge in [0, 0.05) is 16.9 Å². The van der Waals surface area contributed by atoms with Gasteiger partial charge >= 0.3 is 0 Å². The molecule has 0 unspecified atom stereocenters. The van der Waals surface area contributed by atoms with Crippen LogP contribution >= 0.6 is 0 Å². The van der Waals surface area contributed by atoms with E-state index < -0.39 is 0 Å². The number of anilines is 2. The maximum Gasteiger partial charge on any atom is 0.255 e. The number of carbonyl (C=O) groups is 2. The number of piperidine rings is 1. The van der Waals surface area contributed by atoms with Crippen molar-refractivity contribution in [2.45, 2.75) is 19.3 Å². The Labute approximate surface area is 159 Å². The Morgan fingerprint density at radius 1 is 0.889 bits per heavy atom. The van der Waals surface area contributed by atoms with E-state index in [2.05, 4.69) is 15.5 Å². The molecule has 0 aromatic heterocycles. The van der Waals surface area contributed by atoms with Gasteiger partial charge in [-0.25, -0.2) is 0 Å². The van der Waals surface area contributed by atoms with Gasteiger partial charge in [0.15, 0.2) is 0 Å². The highest BCUT2D eigenvalue weighted by Gasteiger charge is 2.14. The van der Waals surface area contributed by atoms with Crippen molar-refractivity contribution in [3.63, 3.8) is 0 Å². The summed E-state index contributed by atoms with van der Waals surface area (Å²) in [6.45, 7) is 2.38. The lowest BCUT2D eigenvalue weighted by atomic mass is 10.1. The molecule has 3 rings (SSSR count). The fourth-order valence-corrected chi connectivity index (χ4v) is 3.10. The molecule has 6 nitrogen and oxygen atoms in total. The average molecular weight is 367 g/mol. The molecule has 2 amide bonds. The minimum atomic E-state index is -0.202. The quantitative estimate of drug-likeness (QED) is 0.821. The first-order valence-electron chi connectivity index (χ1n) is 9.22. The highest BCUT2D eigenvalue weighted by atomic mass is 16.5. The summed E-state index contributed by atoms with van der Waals surface area (Å²) in [4.78, 5) is 26.7. The molecule has 27 heavy (non-hydrogen) atoms. The molecule has 2 aromatic rings. The normalized spacial score (nSPS) is 14.4. The Balaban J connectivity index is 1.52. The third kappa shape index (κ3) is 5.56. The molecule has 1 aliphatic heterocycles. The number of nitrogens with zero attached hydrogens (tertiary/aromatic N) is 1. The van der Waals surface area contributed by atoms with E-state index in [0.717, 1.165) is 31.7 Å². The third-order valence-electron chi connectivity index (χ3n) is 4.59. The maximum absolute atomic E-state index is 12.3. The largest absolute Gasteiger partial charge is 0.497 e. The van der Waals surface area contributed by atoms with Gasteiger partial charge in [-0.05, 0) is 74.5 Å². The fourth-order valence-electron chi connectivity index (χ4n) is 3.10. The minimum absolute atomic E-state index is 0.0210. The monoisotopic (exact) mass is 367 g/mol. The Kier molecular flexibility index (Phi) is 6.44. The molecule has 1 saturated heterocycles. The molecule has 0 aliphatic carbocycles. The van der Waals surface area contributed by atoms with Gasteiger partial charge in [-0.2, -0.15) is 0 Å². The molecule has 2 N–H and O–H groups in total. The second-order valence-electron chi connectivity index (χ2n) is 6.64. The number of nitrogens with one attached hydrogen (secondary N) is 2. The predicted molar refractivity (Wildman–Crippen MR) is 106 cm³/mol. The summed E-state index contributed by atoms with van der Waals surface area (Å²) in [6.07, 6.45) is 3.56. The summed E-state index contributed by atoms with van der Waals surface area (Å²) in [5.41, 5.74) is 1.91. The summed E-state index contributed by atoms with van der Waals surface area (Å²) in [5.74, 6) is 0.511. The van der Waals surface area contributed by atoms with Crippen molar-refractivity contribution in [3.8, 4) is 5.75 Å². The molecular formula is C21H25N3O3. The van der Waals surface area contributed by atoms with Gasteiger partial charge in [-0.3, -0.25) is 14.5 Å². The van der Waals surface area contributed by atoms with Gasteiger partial charge in [0.1, 0.15) is 5.75 Å². The van der Waals surface area contributed by atoms with Crippen molar-refractivity contribution in [2.24, 2.45) is 0 Å². The Morgan fingerprint density at radius 3 is 2.11 bits per heavy atom. The van der Waals surface area contributed by atoms with Crippen LogP contribution in [0.3, 0.4) is 0 Å². The van der Waals surface area contributed by atoms with Crippen LogP contribution < -0.4 is 15.4 Å². The van der Waals surface area contributed by atoms with Crippen LogP contribution in [0.4, 0.5) is 11.4 Å². The second kappa shape index (κ2) is 9.19. The van der Waals surface area contributed by atoms with E-state index in [4.69, 9.17) is 4.74 Å². The molecule has 1 heterocycles. The lowest BCUT2D eigenvalue weighted by Gasteiger charge is -2.25. The maximum atomic E-state index is 12.3. The number of hydrogen-bond donors (Lipinski definition) is 2. The number of likely N-dealkylation sites (tertiary alicyclic amines) is 1. The van der Waals surface area contributed by atoms with E-state index in [1.165, 1.54) is 6.42 Å². The van der Waals surface area contributed by atoms with Gasteiger partial charge in [0.25, 0.3) is 5.91 Å². The van der Waals surface area contributed by atoms with Crippen LogP contribution in [-0.2, 0) is 4.79 Å². The van der Waals surface area contributed by atoms with Crippen molar-refractivity contribution in [1.82, 2.24) is 4.90 Å². The third-order valence-corrected chi connectivity index (χ3v) is 4.59. The molecule has 0 spiro atoms. The summed E-state index contributed by atoms with van der Waals surface area (Å²) < 4.78 is 5.10. The highest BCUT2D eigenvalue weighted by Crippen LogP contribution is 2.17. The SMILES string of the molecule is COc1ccc(NC(=O)c2ccc(NC(=O)CN3CCCCC3)cc2)cc1. The van der Waals surface area contributed by atoms with Crippen molar-refractivity contribution >= 4 is 23.2 Å². The van der Waals surface area contributed by atoms with Crippen LogP contribution in [0.2, 0.25) is 0 Å². The van der Waals surface area contributed by atoms with Gasteiger partial charge in [0.2, 0.25) is 5.91 Å². The van der Waals surface area contributed by atoms with Crippen LogP contribution in [0.15, 0.2) is 48.5 Å². The van der Waals surface area contributed by atoms with Crippen molar-refractivity contribution in [2.75, 3.05) is 37.4 Å². The van der Waals surface area contributed by atoms with E-state index >= 15 is 0 Å². The van der Waals surface area contributed by atoms with E-state index in [1.54, 1.807) is 55.6 Å². The summed E-state index contributed by atoms with van der Waals surface area (Å²) in [5, 5.41) is 5.73. The van der Waals surface area contributed by atoms with Crippen LogP contribution in [0.5, 0.6) is 5.75 Å². The van der Waals surface area contributed by atoms with Crippen molar-refractivity contribution in [1.29, 1.82) is 0 Å². The van der Waals surface area contributed by atoms with Crippen LogP contribution in [0.25, 0.3) is 0 Å². The molecule has 6 heteroatoms. The zero-order valence-corrected chi connectivity index (χ0v) is 15.5. The van der Waals surface area contributed by atoms with E-state index in [-0.39, 0.29) is 11.8 Å². The Hall–Kier alpha value is -2.86. The summed E-state index contributed by atoms with van der Waals surface area (Å²) >= 11 is 0. The van der Waals surface area contributed by atoms with E-state index in [1.807, 2.05) is 0 Å². The molecule has 1 aliphatic rings. The zero-order chi connectivity index (χ0) is 19.1. The number of carbonyl (C=O) groups excluding carboxylic acids is 2. The Morgan fingerprint density at radius 2 is 1.48 bits per heavy atom. The van der Waals surface area contributed by atoms with Crippen molar-refractivity contribution in [3.05, 3.63) is 54.1 Å². The molecule has 1 fully saturated rings. The second-order valence-corrected chi connectivity index (χ2v) is 6.64.